The number of sulfonamides is 1. The first-order chi connectivity index (χ1) is 19.2. The van der Waals surface area contributed by atoms with E-state index in [9.17, 15) is 18.0 Å². The van der Waals surface area contributed by atoms with Gasteiger partial charge in [0.05, 0.1) is 23.1 Å². The third kappa shape index (κ3) is 7.05. The average Bonchev–Trinajstić information content (AvgIpc) is 3.38. The maximum Gasteiger partial charge on any atom is 0.326 e. The number of carbonyl (C=O) groups excluding carboxylic acids is 2. The summed E-state index contributed by atoms with van der Waals surface area (Å²) in [6.45, 7) is 3.43. The zero-order chi connectivity index (χ0) is 28.7. The van der Waals surface area contributed by atoms with Gasteiger partial charge >= 0.3 is 5.97 Å². The number of aryl methyl sites for hydroxylation is 1. The van der Waals surface area contributed by atoms with Gasteiger partial charge in [0, 0.05) is 17.4 Å². The number of aromatic amines is 1. The number of fused-ring (bicyclic) bond motifs is 1. The summed E-state index contributed by atoms with van der Waals surface area (Å²) in [4.78, 5) is 28.4. The second kappa shape index (κ2) is 12.5. The van der Waals surface area contributed by atoms with E-state index < -0.39 is 27.9 Å². The molecule has 0 aliphatic carbocycles. The number of ether oxygens (including phenoxy) is 2. The van der Waals surface area contributed by atoms with E-state index in [0.717, 1.165) is 16.5 Å². The molecule has 1 heterocycles. The minimum atomic E-state index is -4.05. The number of hydrogen-bond donors (Lipinski definition) is 3. The topological polar surface area (TPSA) is 150 Å². The maximum absolute atomic E-state index is 12.9. The molecule has 206 valence electrons. The Morgan fingerprint density at radius 3 is 2.55 bits per heavy atom. The minimum Gasteiger partial charge on any atom is -0.489 e. The number of amides is 1. The van der Waals surface area contributed by atoms with Gasteiger partial charge in [-0.15, -0.1) is 0 Å². The van der Waals surface area contributed by atoms with Gasteiger partial charge in [0.2, 0.25) is 10.0 Å². The van der Waals surface area contributed by atoms with E-state index >= 15 is 0 Å². The number of nitrogens with zero attached hydrogens (tertiary/aromatic N) is 1. The van der Waals surface area contributed by atoms with E-state index in [1.54, 1.807) is 61.5 Å². The van der Waals surface area contributed by atoms with E-state index in [2.05, 4.69) is 21.1 Å². The Balaban J connectivity index is 1.43. The van der Waals surface area contributed by atoms with Crippen LogP contribution in [-0.4, -0.2) is 44.5 Å². The number of esters is 1. The molecule has 0 spiro atoms. The molecule has 40 heavy (non-hydrogen) atoms. The lowest BCUT2D eigenvalue weighted by atomic mass is 10.1. The van der Waals surface area contributed by atoms with Crippen molar-refractivity contribution in [1.29, 1.82) is 5.26 Å². The molecule has 0 saturated heterocycles. The summed E-state index contributed by atoms with van der Waals surface area (Å²) in [5.41, 5.74) is 3.19. The SMILES string of the molecule is CCOC(=O)C(CNC(=O)c1cc2cc(OCc3cccc(C#N)c3)ccc2[nH]1)NS(=O)(=O)c1ccc(C)cc1. The summed E-state index contributed by atoms with van der Waals surface area (Å²) in [5.74, 6) is -0.762. The summed E-state index contributed by atoms with van der Waals surface area (Å²) in [6.07, 6.45) is 0. The molecule has 0 fully saturated rings. The summed E-state index contributed by atoms with van der Waals surface area (Å²) in [5, 5.41) is 12.4. The number of hydrogen-bond acceptors (Lipinski definition) is 7. The first kappa shape index (κ1) is 28.4. The zero-order valence-electron chi connectivity index (χ0n) is 21.9. The molecular weight excluding hydrogens is 532 g/mol. The Labute approximate surface area is 232 Å². The summed E-state index contributed by atoms with van der Waals surface area (Å²) >= 11 is 0. The van der Waals surface area contributed by atoms with Crippen molar-refractivity contribution in [2.24, 2.45) is 0 Å². The molecule has 3 N–H and O–H groups in total. The second-order valence-corrected chi connectivity index (χ2v) is 10.7. The molecule has 1 atom stereocenters. The smallest absolute Gasteiger partial charge is 0.326 e. The lowest BCUT2D eigenvalue weighted by molar-refractivity contribution is -0.144. The van der Waals surface area contributed by atoms with Gasteiger partial charge < -0.3 is 19.8 Å². The largest absolute Gasteiger partial charge is 0.489 e. The van der Waals surface area contributed by atoms with Crippen LogP contribution in [-0.2, 0) is 26.2 Å². The highest BCUT2D eigenvalue weighted by Gasteiger charge is 2.27. The lowest BCUT2D eigenvalue weighted by Crippen LogP contribution is -2.49. The first-order valence-corrected chi connectivity index (χ1v) is 14.0. The number of rotatable bonds is 11. The van der Waals surface area contributed by atoms with Gasteiger partial charge in [-0.2, -0.15) is 9.98 Å². The molecule has 3 aromatic carbocycles. The standard InChI is InChI=1S/C29H28N4O6S/c1-3-38-29(35)27(33-40(36,37)24-10-7-19(2)8-11-24)17-31-28(34)26-15-22-14-23(9-12-25(22)32-26)39-18-21-6-4-5-20(13-21)16-30/h4-15,27,32-33H,3,17-18H2,1-2H3,(H,31,34). The predicted octanol–water partition coefficient (Wildman–Crippen LogP) is 3.57. The molecule has 11 heteroatoms. The van der Waals surface area contributed by atoms with Crippen molar-refractivity contribution in [2.45, 2.75) is 31.4 Å². The molecule has 0 aliphatic heterocycles. The highest BCUT2D eigenvalue weighted by Crippen LogP contribution is 2.23. The van der Waals surface area contributed by atoms with Gasteiger partial charge in [-0.1, -0.05) is 29.8 Å². The summed E-state index contributed by atoms with van der Waals surface area (Å²) in [6, 6.07) is 21.0. The number of aromatic nitrogens is 1. The Hall–Kier alpha value is -4.66. The molecule has 4 aromatic rings. The van der Waals surface area contributed by atoms with Gasteiger partial charge in [-0.05, 0) is 67.9 Å². The van der Waals surface area contributed by atoms with Crippen molar-refractivity contribution in [3.05, 3.63) is 95.2 Å². The van der Waals surface area contributed by atoms with Crippen LogP contribution in [0.25, 0.3) is 10.9 Å². The van der Waals surface area contributed by atoms with Gasteiger partial charge in [0.15, 0.2) is 0 Å². The van der Waals surface area contributed by atoms with Crippen molar-refractivity contribution >= 4 is 32.8 Å². The normalized spacial score (nSPS) is 11.9. The Morgan fingerprint density at radius 1 is 1.05 bits per heavy atom. The number of H-pyrrole nitrogens is 1. The molecule has 1 unspecified atom stereocenters. The fraction of sp³-hybridized carbons (Fsp3) is 0.207. The van der Waals surface area contributed by atoms with Crippen LogP contribution >= 0.6 is 0 Å². The monoisotopic (exact) mass is 560 g/mol. The second-order valence-electron chi connectivity index (χ2n) is 8.98. The molecular formula is C29H28N4O6S. The maximum atomic E-state index is 12.9. The molecule has 1 amide bonds. The summed E-state index contributed by atoms with van der Waals surface area (Å²) < 4.78 is 38.9. The molecule has 0 radical (unpaired) electrons. The fourth-order valence-corrected chi connectivity index (χ4v) is 5.08. The van der Waals surface area contributed by atoms with Crippen molar-refractivity contribution in [2.75, 3.05) is 13.2 Å². The highest BCUT2D eigenvalue weighted by molar-refractivity contribution is 7.89. The molecule has 0 saturated carbocycles. The van der Waals surface area contributed by atoms with Gasteiger partial charge in [0.25, 0.3) is 5.91 Å². The third-order valence-corrected chi connectivity index (χ3v) is 7.45. The van der Waals surface area contributed by atoms with Crippen LogP contribution in [0.15, 0.2) is 77.7 Å². The number of nitrogens with one attached hydrogen (secondary N) is 3. The van der Waals surface area contributed by atoms with Crippen molar-refractivity contribution in [3.63, 3.8) is 0 Å². The quantitative estimate of drug-likeness (QED) is 0.237. The van der Waals surface area contributed by atoms with E-state index in [0.29, 0.717) is 16.8 Å². The molecule has 4 rings (SSSR count). The first-order valence-electron chi connectivity index (χ1n) is 12.5. The Morgan fingerprint density at radius 2 is 1.82 bits per heavy atom. The zero-order valence-corrected chi connectivity index (χ0v) is 22.7. The van der Waals surface area contributed by atoms with Crippen molar-refractivity contribution in [3.8, 4) is 11.8 Å². The lowest BCUT2D eigenvalue weighted by Gasteiger charge is -2.18. The van der Waals surface area contributed by atoms with Crippen molar-refractivity contribution < 1.29 is 27.5 Å². The van der Waals surface area contributed by atoms with E-state index in [4.69, 9.17) is 14.7 Å². The van der Waals surface area contributed by atoms with Gasteiger partial charge in [0.1, 0.15) is 24.1 Å². The van der Waals surface area contributed by atoms with Crippen LogP contribution in [0.1, 0.15) is 34.1 Å². The van der Waals surface area contributed by atoms with Crippen LogP contribution in [0.5, 0.6) is 5.75 Å². The number of carbonyl (C=O) groups is 2. The summed E-state index contributed by atoms with van der Waals surface area (Å²) in [7, 11) is -4.05. The van der Waals surface area contributed by atoms with E-state index in [1.807, 2.05) is 13.0 Å². The minimum absolute atomic E-state index is 0.00914. The molecule has 0 aliphatic rings. The van der Waals surface area contributed by atoms with Gasteiger partial charge in [-0.3, -0.25) is 9.59 Å². The highest BCUT2D eigenvalue weighted by atomic mass is 32.2. The van der Waals surface area contributed by atoms with Crippen LogP contribution in [0.2, 0.25) is 0 Å². The molecule has 10 nitrogen and oxygen atoms in total. The molecule has 0 bridgehead atoms. The fourth-order valence-electron chi connectivity index (χ4n) is 3.90. The van der Waals surface area contributed by atoms with Crippen LogP contribution < -0.4 is 14.8 Å². The van der Waals surface area contributed by atoms with Crippen LogP contribution in [0.4, 0.5) is 0 Å². The average molecular weight is 561 g/mol. The Bertz CT molecular complexity index is 1670. The van der Waals surface area contributed by atoms with E-state index in [-0.39, 0.29) is 30.3 Å². The van der Waals surface area contributed by atoms with Crippen LogP contribution in [0.3, 0.4) is 0 Å². The predicted molar refractivity (Wildman–Crippen MR) is 148 cm³/mol. The number of nitriles is 1. The number of benzene rings is 3. The van der Waals surface area contributed by atoms with E-state index in [1.165, 1.54) is 12.1 Å². The third-order valence-electron chi connectivity index (χ3n) is 5.96. The van der Waals surface area contributed by atoms with Crippen LogP contribution in [0, 0.1) is 18.3 Å². The van der Waals surface area contributed by atoms with Crippen molar-refractivity contribution in [1.82, 2.24) is 15.0 Å². The Kier molecular flexibility index (Phi) is 8.83. The van der Waals surface area contributed by atoms with Gasteiger partial charge in [-0.25, -0.2) is 8.42 Å². The molecule has 1 aromatic heterocycles.